The molecule has 0 aliphatic rings. The molecular formula is C17H18N2O2. The van der Waals surface area contributed by atoms with E-state index in [4.69, 9.17) is 0 Å². The van der Waals surface area contributed by atoms with Crippen molar-refractivity contribution >= 4 is 23.2 Å². The molecule has 2 aromatic rings. The molecule has 0 fully saturated rings. The lowest BCUT2D eigenvalue weighted by Gasteiger charge is -2.09. The summed E-state index contributed by atoms with van der Waals surface area (Å²) in [5.41, 5.74) is 3.05. The fraction of sp³-hybridized carbons (Fsp3) is 0.176. The molecule has 2 aromatic carbocycles. The quantitative estimate of drug-likeness (QED) is 0.900. The molecule has 4 nitrogen and oxygen atoms in total. The molecule has 2 amide bonds. The Morgan fingerprint density at radius 1 is 0.952 bits per heavy atom. The van der Waals surface area contributed by atoms with Crippen LogP contribution in [0.2, 0.25) is 0 Å². The number of aryl methyl sites for hydroxylation is 1. The van der Waals surface area contributed by atoms with Gasteiger partial charge in [0, 0.05) is 23.4 Å². The van der Waals surface area contributed by atoms with E-state index >= 15 is 0 Å². The van der Waals surface area contributed by atoms with Gasteiger partial charge in [0.15, 0.2) is 0 Å². The van der Waals surface area contributed by atoms with Gasteiger partial charge >= 0.3 is 0 Å². The molecule has 21 heavy (non-hydrogen) atoms. The van der Waals surface area contributed by atoms with Crippen molar-refractivity contribution in [1.82, 2.24) is 0 Å². The molecule has 2 rings (SSSR count). The van der Waals surface area contributed by atoms with E-state index in [1.807, 2.05) is 31.2 Å². The molecule has 0 aliphatic carbocycles. The Balaban J connectivity index is 2.06. The number of para-hydroxylation sites is 1. The number of amides is 2. The zero-order chi connectivity index (χ0) is 15.2. The molecule has 0 unspecified atom stereocenters. The van der Waals surface area contributed by atoms with Crippen LogP contribution in [0.1, 0.15) is 29.3 Å². The minimum atomic E-state index is -0.169. The van der Waals surface area contributed by atoms with Crippen LogP contribution in [0.15, 0.2) is 48.5 Å². The van der Waals surface area contributed by atoms with Gasteiger partial charge in [-0.05, 0) is 42.8 Å². The van der Waals surface area contributed by atoms with Crippen molar-refractivity contribution in [3.8, 4) is 0 Å². The molecule has 0 saturated carbocycles. The summed E-state index contributed by atoms with van der Waals surface area (Å²) < 4.78 is 0. The predicted molar refractivity (Wildman–Crippen MR) is 84.5 cm³/mol. The van der Waals surface area contributed by atoms with Crippen LogP contribution >= 0.6 is 0 Å². The number of anilines is 2. The molecule has 0 spiro atoms. The van der Waals surface area contributed by atoms with Crippen molar-refractivity contribution in [1.29, 1.82) is 0 Å². The third-order valence-electron chi connectivity index (χ3n) is 3.15. The molecule has 0 bridgehead atoms. The van der Waals surface area contributed by atoms with Gasteiger partial charge in [0.1, 0.15) is 0 Å². The van der Waals surface area contributed by atoms with Crippen LogP contribution in [0, 0.1) is 6.92 Å². The molecule has 2 N–H and O–H groups in total. The molecule has 0 atom stereocenters. The van der Waals surface area contributed by atoms with Crippen LogP contribution in [-0.4, -0.2) is 11.8 Å². The van der Waals surface area contributed by atoms with E-state index in [1.165, 1.54) is 0 Å². The highest BCUT2D eigenvalue weighted by Crippen LogP contribution is 2.16. The van der Waals surface area contributed by atoms with E-state index in [2.05, 4.69) is 10.6 Å². The smallest absolute Gasteiger partial charge is 0.255 e. The largest absolute Gasteiger partial charge is 0.326 e. The third-order valence-corrected chi connectivity index (χ3v) is 3.15. The number of hydrogen-bond acceptors (Lipinski definition) is 2. The third kappa shape index (κ3) is 3.92. The minimum absolute atomic E-state index is 0.0490. The summed E-state index contributed by atoms with van der Waals surface area (Å²) in [4.78, 5) is 23.4. The topological polar surface area (TPSA) is 58.2 Å². The second-order valence-electron chi connectivity index (χ2n) is 4.75. The van der Waals surface area contributed by atoms with Crippen molar-refractivity contribution in [2.45, 2.75) is 20.3 Å². The van der Waals surface area contributed by atoms with Crippen LogP contribution in [0.3, 0.4) is 0 Å². The SMILES string of the molecule is CCC(=O)Nc1ccc(C(=O)Nc2ccccc2C)cc1. The average Bonchev–Trinajstić information content (AvgIpc) is 2.50. The lowest BCUT2D eigenvalue weighted by Crippen LogP contribution is -2.13. The first-order valence-corrected chi connectivity index (χ1v) is 6.87. The number of rotatable bonds is 4. The van der Waals surface area contributed by atoms with Crippen LogP contribution in [0.4, 0.5) is 11.4 Å². The van der Waals surface area contributed by atoms with E-state index in [0.717, 1.165) is 11.3 Å². The number of hydrogen-bond donors (Lipinski definition) is 2. The summed E-state index contributed by atoms with van der Waals surface area (Å²) in [6, 6.07) is 14.4. The number of benzene rings is 2. The Morgan fingerprint density at radius 2 is 1.62 bits per heavy atom. The van der Waals surface area contributed by atoms with Crippen molar-refractivity contribution in [3.05, 3.63) is 59.7 Å². The number of nitrogens with one attached hydrogen (secondary N) is 2. The maximum atomic E-state index is 12.2. The van der Waals surface area contributed by atoms with Gasteiger partial charge in [-0.2, -0.15) is 0 Å². The lowest BCUT2D eigenvalue weighted by atomic mass is 10.1. The van der Waals surface area contributed by atoms with Crippen LogP contribution in [0.5, 0.6) is 0 Å². The van der Waals surface area contributed by atoms with Crippen LogP contribution in [0.25, 0.3) is 0 Å². The highest BCUT2D eigenvalue weighted by molar-refractivity contribution is 6.05. The summed E-state index contributed by atoms with van der Waals surface area (Å²) in [5.74, 6) is -0.218. The van der Waals surface area contributed by atoms with Gasteiger partial charge < -0.3 is 10.6 Å². The first kappa shape index (κ1) is 14.8. The fourth-order valence-corrected chi connectivity index (χ4v) is 1.86. The Kier molecular flexibility index (Phi) is 4.72. The Hall–Kier alpha value is -2.62. The van der Waals surface area contributed by atoms with E-state index in [-0.39, 0.29) is 11.8 Å². The maximum absolute atomic E-state index is 12.2. The van der Waals surface area contributed by atoms with E-state index in [0.29, 0.717) is 17.7 Å². The summed E-state index contributed by atoms with van der Waals surface area (Å²) in [6.45, 7) is 3.73. The van der Waals surface area contributed by atoms with Gasteiger partial charge in [-0.15, -0.1) is 0 Å². The summed E-state index contributed by atoms with van der Waals surface area (Å²) in [5, 5.41) is 5.62. The van der Waals surface area contributed by atoms with Gasteiger partial charge in [0.05, 0.1) is 0 Å². The zero-order valence-electron chi connectivity index (χ0n) is 12.1. The minimum Gasteiger partial charge on any atom is -0.326 e. The molecule has 0 radical (unpaired) electrons. The van der Waals surface area contributed by atoms with Crippen molar-refractivity contribution in [3.63, 3.8) is 0 Å². The standard InChI is InChI=1S/C17H18N2O2/c1-3-16(20)18-14-10-8-13(9-11-14)17(21)19-15-7-5-4-6-12(15)2/h4-11H,3H2,1-2H3,(H,18,20)(H,19,21). The highest BCUT2D eigenvalue weighted by atomic mass is 16.2. The number of carbonyl (C=O) groups is 2. The maximum Gasteiger partial charge on any atom is 0.255 e. The van der Waals surface area contributed by atoms with Gasteiger partial charge in [-0.1, -0.05) is 25.1 Å². The zero-order valence-corrected chi connectivity index (χ0v) is 12.1. The van der Waals surface area contributed by atoms with Gasteiger partial charge in [-0.25, -0.2) is 0 Å². The highest BCUT2D eigenvalue weighted by Gasteiger charge is 2.07. The van der Waals surface area contributed by atoms with Gasteiger partial charge in [0.2, 0.25) is 5.91 Å². The Bertz CT molecular complexity index is 648. The molecular weight excluding hydrogens is 264 g/mol. The second kappa shape index (κ2) is 6.70. The molecule has 0 aliphatic heterocycles. The van der Waals surface area contributed by atoms with Crippen LogP contribution < -0.4 is 10.6 Å². The number of carbonyl (C=O) groups excluding carboxylic acids is 2. The molecule has 0 saturated heterocycles. The molecule has 0 heterocycles. The van der Waals surface area contributed by atoms with Gasteiger partial charge in [0.25, 0.3) is 5.91 Å². The lowest BCUT2D eigenvalue weighted by molar-refractivity contribution is -0.115. The van der Waals surface area contributed by atoms with Crippen molar-refractivity contribution < 1.29 is 9.59 Å². The fourth-order valence-electron chi connectivity index (χ4n) is 1.86. The summed E-state index contributed by atoms with van der Waals surface area (Å²) in [7, 11) is 0. The van der Waals surface area contributed by atoms with Crippen LogP contribution in [-0.2, 0) is 4.79 Å². The van der Waals surface area contributed by atoms with E-state index in [9.17, 15) is 9.59 Å². The molecule has 0 aromatic heterocycles. The molecule has 4 heteroatoms. The molecule has 108 valence electrons. The van der Waals surface area contributed by atoms with Crippen molar-refractivity contribution in [2.24, 2.45) is 0 Å². The Labute approximate surface area is 124 Å². The summed E-state index contributed by atoms with van der Waals surface area (Å²) in [6.07, 6.45) is 0.426. The predicted octanol–water partition coefficient (Wildman–Crippen LogP) is 3.60. The Morgan fingerprint density at radius 3 is 2.24 bits per heavy atom. The monoisotopic (exact) mass is 282 g/mol. The summed E-state index contributed by atoms with van der Waals surface area (Å²) >= 11 is 0. The first-order chi connectivity index (χ1) is 10.1. The van der Waals surface area contributed by atoms with Crippen molar-refractivity contribution in [2.75, 3.05) is 10.6 Å². The van der Waals surface area contributed by atoms with E-state index < -0.39 is 0 Å². The normalized spacial score (nSPS) is 10.0. The van der Waals surface area contributed by atoms with E-state index in [1.54, 1.807) is 31.2 Å². The average molecular weight is 282 g/mol. The second-order valence-corrected chi connectivity index (χ2v) is 4.75. The first-order valence-electron chi connectivity index (χ1n) is 6.87. The van der Waals surface area contributed by atoms with Gasteiger partial charge in [-0.3, -0.25) is 9.59 Å².